The molecule has 23 heavy (non-hydrogen) atoms. The van der Waals surface area contributed by atoms with E-state index >= 15 is 0 Å². The molecule has 0 saturated heterocycles. The summed E-state index contributed by atoms with van der Waals surface area (Å²) in [6.07, 6.45) is 1.09. The SMILES string of the molecule is OC1(c2ccc(Br)cc2)CN(c2ccccc2)C2=[N+]1CCCS2. The molecule has 2 aliphatic rings. The van der Waals surface area contributed by atoms with Crippen LogP contribution < -0.4 is 4.90 Å². The Morgan fingerprint density at radius 1 is 1.09 bits per heavy atom. The van der Waals surface area contributed by atoms with Crippen LogP contribution in [-0.2, 0) is 5.72 Å². The van der Waals surface area contributed by atoms with Gasteiger partial charge >= 0.3 is 5.17 Å². The lowest BCUT2D eigenvalue weighted by molar-refractivity contribution is -0.656. The summed E-state index contributed by atoms with van der Waals surface area (Å²) in [5.74, 6) is 1.10. The van der Waals surface area contributed by atoms with E-state index in [-0.39, 0.29) is 0 Å². The van der Waals surface area contributed by atoms with E-state index in [1.54, 1.807) is 0 Å². The number of hydrogen-bond donors (Lipinski definition) is 1. The molecule has 0 amide bonds. The summed E-state index contributed by atoms with van der Waals surface area (Å²) in [5.41, 5.74) is 1.10. The predicted molar refractivity (Wildman–Crippen MR) is 99.0 cm³/mol. The molecule has 0 spiro atoms. The molecule has 0 aromatic heterocycles. The van der Waals surface area contributed by atoms with Crippen molar-refractivity contribution in [2.24, 2.45) is 0 Å². The van der Waals surface area contributed by atoms with Crippen LogP contribution in [0.3, 0.4) is 0 Å². The summed E-state index contributed by atoms with van der Waals surface area (Å²) in [6, 6.07) is 18.3. The van der Waals surface area contributed by atoms with Crippen LogP contribution in [0.4, 0.5) is 5.69 Å². The summed E-state index contributed by atoms with van der Waals surface area (Å²) < 4.78 is 3.19. The van der Waals surface area contributed by atoms with E-state index in [4.69, 9.17) is 0 Å². The van der Waals surface area contributed by atoms with Gasteiger partial charge < -0.3 is 5.11 Å². The molecule has 4 rings (SSSR count). The number of nitrogens with zero attached hydrogens (tertiary/aromatic N) is 2. The molecule has 2 aliphatic heterocycles. The average Bonchev–Trinajstić information content (AvgIpc) is 2.91. The molecule has 0 radical (unpaired) electrons. The van der Waals surface area contributed by atoms with Crippen LogP contribution in [0.1, 0.15) is 12.0 Å². The van der Waals surface area contributed by atoms with E-state index in [0.29, 0.717) is 6.54 Å². The number of thioether (sulfide) groups is 1. The average molecular weight is 390 g/mol. The van der Waals surface area contributed by atoms with Crippen LogP contribution in [0.5, 0.6) is 0 Å². The van der Waals surface area contributed by atoms with Crippen molar-refractivity contribution in [2.45, 2.75) is 12.1 Å². The lowest BCUT2D eigenvalue weighted by Gasteiger charge is -2.24. The van der Waals surface area contributed by atoms with Crippen molar-refractivity contribution in [2.75, 3.05) is 23.7 Å². The van der Waals surface area contributed by atoms with E-state index < -0.39 is 5.72 Å². The molecular formula is C18H18BrN2OS+. The molecule has 3 nitrogen and oxygen atoms in total. The standard InChI is InChI=1S/C18H18BrN2OS/c19-15-9-7-14(8-10-15)18(22)13-20(16-5-2-1-3-6-16)17-21(18)11-4-12-23-17/h1-3,5-10,22H,4,11-13H2/q+1. The number of β-amino-alcohol motifs (C(OH)–C–C–N with tert-alkyl or cyclic N) is 1. The van der Waals surface area contributed by atoms with E-state index in [1.165, 1.54) is 0 Å². The number of rotatable bonds is 2. The van der Waals surface area contributed by atoms with Crippen molar-refractivity contribution in [3.8, 4) is 0 Å². The number of halogens is 1. The second-order valence-electron chi connectivity index (χ2n) is 5.88. The maximum Gasteiger partial charge on any atom is 0.316 e. The summed E-state index contributed by atoms with van der Waals surface area (Å²) in [6.45, 7) is 1.44. The van der Waals surface area contributed by atoms with Gasteiger partial charge in [-0.25, -0.2) is 9.48 Å². The fourth-order valence-corrected chi connectivity index (χ4v) is 4.72. The molecule has 0 bridgehead atoms. The highest BCUT2D eigenvalue weighted by molar-refractivity contribution is 9.10. The highest BCUT2D eigenvalue weighted by atomic mass is 79.9. The molecule has 0 aliphatic carbocycles. The van der Waals surface area contributed by atoms with Gasteiger partial charge in [-0.2, -0.15) is 0 Å². The van der Waals surface area contributed by atoms with Gasteiger partial charge in [0, 0.05) is 15.8 Å². The Bertz CT molecular complexity index is 747. The molecule has 118 valence electrons. The van der Waals surface area contributed by atoms with Crippen LogP contribution in [0.2, 0.25) is 0 Å². The quantitative estimate of drug-likeness (QED) is 0.794. The number of benzene rings is 2. The fraction of sp³-hybridized carbons (Fsp3) is 0.278. The van der Waals surface area contributed by atoms with E-state index in [1.807, 2.05) is 54.2 Å². The number of amidine groups is 1. The highest BCUT2D eigenvalue weighted by Gasteiger charge is 2.53. The van der Waals surface area contributed by atoms with Gasteiger partial charge in [0.25, 0.3) is 5.72 Å². The smallest absolute Gasteiger partial charge is 0.316 e. The van der Waals surface area contributed by atoms with Crippen LogP contribution >= 0.6 is 27.7 Å². The zero-order valence-electron chi connectivity index (χ0n) is 12.7. The van der Waals surface area contributed by atoms with Gasteiger partial charge in [-0.3, -0.25) is 0 Å². The van der Waals surface area contributed by atoms with Gasteiger partial charge in [-0.15, -0.1) is 0 Å². The Morgan fingerprint density at radius 3 is 2.57 bits per heavy atom. The second kappa shape index (κ2) is 5.96. The molecule has 2 heterocycles. The minimum Gasteiger partial charge on any atom is -0.346 e. The third kappa shape index (κ3) is 2.61. The number of aliphatic hydroxyl groups is 1. The first-order chi connectivity index (χ1) is 11.2. The van der Waals surface area contributed by atoms with Crippen molar-refractivity contribution < 1.29 is 9.68 Å². The maximum atomic E-state index is 11.5. The Labute approximate surface area is 148 Å². The zero-order chi connectivity index (χ0) is 15.9. The monoisotopic (exact) mass is 389 g/mol. The van der Waals surface area contributed by atoms with E-state index in [0.717, 1.165) is 39.6 Å². The van der Waals surface area contributed by atoms with E-state index in [9.17, 15) is 5.11 Å². The van der Waals surface area contributed by atoms with E-state index in [2.05, 4.69) is 37.5 Å². The van der Waals surface area contributed by atoms with Crippen molar-refractivity contribution in [3.63, 3.8) is 0 Å². The first-order valence-corrected chi connectivity index (χ1v) is 9.55. The summed E-state index contributed by atoms with van der Waals surface area (Å²) in [5, 5.41) is 12.7. The fourth-order valence-electron chi connectivity index (χ4n) is 3.27. The third-order valence-electron chi connectivity index (χ3n) is 4.42. The molecule has 2 aromatic rings. The number of hydrogen-bond acceptors (Lipinski definition) is 3. The lowest BCUT2D eigenvalue weighted by Crippen LogP contribution is -2.41. The lowest BCUT2D eigenvalue weighted by atomic mass is 10.0. The van der Waals surface area contributed by atoms with Crippen molar-refractivity contribution >= 4 is 38.5 Å². The number of anilines is 1. The molecule has 2 aromatic carbocycles. The first-order valence-electron chi connectivity index (χ1n) is 7.77. The zero-order valence-corrected chi connectivity index (χ0v) is 15.1. The summed E-state index contributed by atoms with van der Waals surface area (Å²) >= 11 is 5.31. The maximum absolute atomic E-state index is 11.5. The van der Waals surface area contributed by atoms with Crippen molar-refractivity contribution in [1.29, 1.82) is 0 Å². The van der Waals surface area contributed by atoms with Crippen LogP contribution in [0.25, 0.3) is 0 Å². The molecule has 1 N–H and O–H groups in total. The van der Waals surface area contributed by atoms with Gasteiger partial charge in [0.05, 0.1) is 6.54 Å². The largest absolute Gasteiger partial charge is 0.346 e. The van der Waals surface area contributed by atoms with Crippen LogP contribution in [0, 0.1) is 0 Å². The number of para-hydroxylation sites is 1. The summed E-state index contributed by atoms with van der Waals surface area (Å²) in [7, 11) is 0. The van der Waals surface area contributed by atoms with Crippen molar-refractivity contribution in [1.82, 2.24) is 0 Å². The third-order valence-corrected chi connectivity index (χ3v) is 6.14. The van der Waals surface area contributed by atoms with Crippen molar-refractivity contribution in [3.05, 3.63) is 64.6 Å². The second-order valence-corrected chi connectivity index (χ2v) is 7.86. The van der Waals surface area contributed by atoms with Crippen LogP contribution in [-0.4, -0.2) is 33.7 Å². The van der Waals surface area contributed by atoms with Gasteiger partial charge in [-0.05, 0) is 42.4 Å². The van der Waals surface area contributed by atoms with Gasteiger partial charge in [0.1, 0.15) is 5.69 Å². The molecule has 0 saturated carbocycles. The Hall–Kier alpha value is -1.30. The Morgan fingerprint density at radius 2 is 1.83 bits per heavy atom. The molecule has 0 fully saturated rings. The Balaban J connectivity index is 1.80. The topological polar surface area (TPSA) is 26.5 Å². The first kappa shape index (κ1) is 15.2. The Kier molecular flexibility index (Phi) is 3.95. The van der Waals surface area contributed by atoms with Gasteiger partial charge in [0.2, 0.25) is 0 Å². The highest BCUT2D eigenvalue weighted by Crippen LogP contribution is 2.37. The molecular weight excluding hydrogens is 372 g/mol. The van der Waals surface area contributed by atoms with Gasteiger partial charge in [-0.1, -0.05) is 46.3 Å². The summed E-state index contributed by atoms with van der Waals surface area (Å²) in [4.78, 5) is 2.24. The molecule has 1 atom stereocenters. The van der Waals surface area contributed by atoms with Crippen LogP contribution in [0.15, 0.2) is 59.1 Å². The predicted octanol–water partition coefficient (Wildman–Crippen LogP) is 3.62. The molecule has 5 heteroatoms. The minimum absolute atomic E-state index is 0.557. The van der Waals surface area contributed by atoms with Gasteiger partial charge in [0.15, 0.2) is 6.54 Å². The normalized spacial score (nSPS) is 24.0. The molecule has 1 unspecified atom stereocenters. The minimum atomic E-state index is -0.973.